The minimum atomic E-state index is -3.37. The first-order valence-corrected chi connectivity index (χ1v) is 9.14. The van der Waals surface area contributed by atoms with Gasteiger partial charge in [-0.15, -0.1) is 0 Å². The Morgan fingerprint density at radius 2 is 1.68 bits per heavy atom. The molecule has 0 fully saturated rings. The van der Waals surface area contributed by atoms with E-state index < -0.39 is 33.6 Å². The fourth-order valence-electron chi connectivity index (χ4n) is 1.92. The Balaban J connectivity index is 2.02. The number of amides is 1. The van der Waals surface area contributed by atoms with Crippen molar-refractivity contribution < 1.29 is 27.1 Å². The molecule has 0 bridgehead atoms. The van der Waals surface area contributed by atoms with Gasteiger partial charge in [0.1, 0.15) is 5.82 Å². The molecule has 2 rings (SSSR count). The monoisotopic (exact) mass is 365 g/mol. The van der Waals surface area contributed by atoms with Crippen molar-refractivity contribution in [1.29, 1.82) is 0 Å². The van der Waals surface area contributed by atoms with Crippen molar-refractivity contribution in [1.82, 2.24) is 0 Å². The van der Waals surface area contributed by atoms with Gasteiger partial charge in [-0.25, -0.2) is 17.6 Å². The predicted molar refractivity (Wildman–Crippen MR) is 89.5 cm³/mol. The molecule has 0 aromatic heterocycles. The maximum atomic E-state index is 13.5. The molecule has 0 spiro atoms. The van der Waals surface area contributed by atoms with Gasteiger partial charge in [-0.05, 0) is 43.3 Å². The maximum absolute atomic E-state index is 13.5. The first kappa shape index (κ1) is 18.6. The second-order valence-electron chi connectivity index (χ2n) is 5.31. The molecule has 0 aliphatic heterocycles. The molecule has 0 saturated carbocycles. The van der Waals surface area contributed by atoms with Gasteiger partial charge < -0.3 is 10.1 Å². The summed E-state index contributed by atoms with van der Waals surface area (Å²) in [7, 11) is -3.37. The SMILES string of the molecule is C[C@H](OC(=O)c1ccc(S(C)(=O)=O)cc1)C(=O)Nc1ccccc1F. The number of esters is 1. The van der Waals surface area contributed by atoms with E-state index in [1.54, 1.807) is 6.07 Å². The highest BCUT2D eigenvalue weighted by Crippen LogP contribution is 2.14. The third kappa shape index (κ3) is 4.87. The number of ether oxygens (including phenoxy) is 1. The van der Waals surface area contributed by atoms with Crippen molar-refractivity contribution in [2.24, 2.45) is 0 Å². The summed E-state index contributed by atoms with van der Waals surface area (Å²) in [4.78, 5) is 24.1. The summed E-state index contributed by atoms with van der Waals surface area (Å²) in [6, 6.07) is 10.7. The second kappa shape index (κ2) is 7.43. The van der Waals surface area contributed by atoms with Crippen molar-refractivity contribution in [2.45, 2.75) is 17.9 Å². The van der Waals surface area contributed by atoms with Gasteiger partial charge >= 0.3 is 5.97 Å². The fourth-order valence-corrected chi connectivity index (χ4v) is 2.55. The van der Waals surface area contributed by atoms with Gasteiger partial charge in [-0.3, -0.25) is 4.79 Å². The molecule has 2 aromatic carbocycles. The topological polar surface area (TPSA) is 89.5 Å². The van der Waals surface area contributed by atoms with Crippen LogP contribution in [-0.4, -0.2) is 32.7 Å². The third-order valence-corrected chi connectivity index (χ3v) is 4.43. The Hall–Kier alpha value is -2.74. The molecule has 132 valence electrons. The van der Waals surface area contributed by atoms with E-state index in [1.807, 2.05) is 0 Å². The van der Waals surface area contributed by atoms with Crippen LogP contribution in [0.15, 0.2) is 53.4 Å². The summed E-state index contributed by atoms with van der Waals surface area (Å²) < 4.78 is 41.3. The number of hydrogen-bond donors (Lipinski definition) is 1. The third-order valence-electron chi connectivity index (χ3n) is 3.30. The molecule has 2 aromatic rings. The lowest BCUT2D eigenvalue weighted by Crippen LogP contribution is -2.30. The average molecular weight is 365 g/mol. The van der Waals surface area contributed by atoms with Gasteiger partial charge in [0.2, 0.25) is 0 Å². The minimum Gasteiger partial charge on any atom is -0.449 e. The van der Waals surface area contributed by atoms with Crippen LogP contribution < -0.4 is 5.32 Å². The summed E-state index contributed by atoms with van der Waals surface area (Å²) in [5.41, 5.74) is 0.0749. The Labute approximate surface area is 144 Å². The quantitative estimate of drug-likeness (QED) is 0.822. The van der Waals surface area contributed by atoms with E-state index in [1.165, 1.54) is 49.4 Å². The van der Waals surface area contributed by atoms with Crippen LogP contribution in [0.25, 0.3) is 0 Å². The summed E-state index contributed by atoms with van der Waals surface area (Å²) in [6.45, 7) is 1.35. The predicted octanol–water partition coefficient (Wildman–Crippen LogP) is 2.41. The molecule has 25 heavy (non-hydrogen) atoms. The van der Waals surface area contributed by atoms with Crippen molar-refractivity contribution >= 4 is 27.4 Å². The van der Waals surface area contributed by atoms with Crippen molar-refractivity contribution in [3.63, 3.8) is 0 Å². The number of anilines is 1. The Kier molecular flexibility index (Phi) is 5.53. The zero-order valence-electron chi connectivity index (χ0n) is 13.5. The first-order chi connectivity index (χ1) is 11.7. The summed E-state index contributed by atoms with van der Waals surface area (Å²) in [5.74, 6) is -2.09. The van der Waals surface area contributed by atoms with Gasteiger partial charge in [0.05, 0.1) is 16.1 Å². The average Bonchev–Trinajstić information content (AvgIpc) is 2.56. The maximum Gasteiger partial charge on any atom is 0.338 e. The molecule has 6 nitrogen and oxygen atoms in total. The summed E-state index contributed by atoms with van der Waals surface area (Å²) >= 11 is 0. The number of carbonyl (C=O) groups excluding carboxylic acids is 2. The molecule has 0 heterocycles. The number of para-hydroxylation sites is 1. The number of sulfone groups is 1. The second-order valence-corrected chi connectivity index (χ2v) is 7.33. The van der Waals surface area contributed by atoms with Crippen LogP contribution in [0.3, 0.4) is 0 Å². The molecule has 8 heteroatoms. The number of benzene rings is 2. The van der Waals surface area contributed by atoms with E-state index in [-0.39, 0.29) is 16.1 Å². The van der Waals surface area contributed by atoms with E-state index in [0.29, 0.717) is 0 Å². The van der Waals surface area contributed by atoms with Gasteiger partial charge in [0.15, 0.2) is 15.9 Å². The van der Waals surface area contributed by atoms with Crippen molar-refractivity contribution in [3.05, 3.63) is 59.9 Å². The number of halogens is 1. The van der Waals surface area contributed by atoms with E-state index in [2.05, 4.69) is 5.32 Å². The molecule has 1 N–H and O–H groups in total. The lowest BCUT2D eigenvalue weighted by atomic mass is 10.2. The summed E-state index contributed by atoms with van der Waals surface area (Å²) in [5, 5.41) is 2.33. The first-order valence-electron chi connectivity index (χ1n) is 7.25. The molecule has 1 amide bonds. The highest BCUT2D eigenvalue weighted by Gasteiger charge is 2.20. The van der Waals surface area contributed by atoms with Crippen LogP contribution in [0, 0.1) is 5.82 Å². The normalized spacial score (nSPS) is 12.3. The van der Waals surface area contributed by atoms with E-state index >= 15 is 0 Å². The van der Waals surface area contributed by atoms with Gasteiger partial charge in [-0.2, -0.15) is 0 Å². The lowest BCUT2D eigenvalue weighted by Gasteiger charge is -2.14. The van der Waals surface area contributed by atoms with Crippen LogP contribution in [0.4, 0.5) is 10.1 Å². The number of rotatable bonds is 5. The molecule has 0 radical (unpaired) electrons. The molecule has 1 atom stereocenters. The number of nitrogens with one attached hydrogen (secondary N) is 1. The molecular weight excluding hydrogens is 349 g/mol. The van der Waals surface area contributed by atoms with E-state index in [0.717, 1.165) is 6.26 Å². The molecule has 0 unspecified atom stereocenters. The fraction of sp³-hybridized carbons (Fsp3) is 0.176. The van der Waals surface area contributed by atoms with Crippen LogP contribution in [0.1, 0.15) is 17.3 Å². The highest BCUT2D eigenvalue weighted by atomic mass is 32.2. The number of carbonyl (C=O) groups is 2. The number of hydrogen-bond acceptors (Lipinski definition) is 5. The summed E-state index contributed by atoms with van der Waals surface area (Å²) in [6.07, 6.45) is -0.114. The van der Waals surface area contributed by atoms with Crippen LogP contribution in [0.2, 0.25) is 0 Å². The molecule has 0 aliphatic carbocycles. The zero-order chi connectivity index (χ0) is 18.6. The lowest BCUT2D eigenvalue weighted by molar-refractivity contribution is -0.123. The van der Waals surface area contributed by atoms with Crippen LogP contribution >= 0.6 is 0 Å². The molecule has 0 aliphatic rings. The standard InChI is InChI=1S/C17H16FNO5S/c1-11(16(20)19-15-6-4-3-5-14(15)18)24-17(21)12-7-9-13(10-8-12)25(2,22)23/h3-11H,1-2H3,(H,19,20)/t11-/m0/s1. The van der Waals surface area contributed by atoms with Gasteiger partial charge in [0.25, 0.3) is 5.91 Å². The van der Waals surface area contributed by atoms with Crippen LogP contribution in [-0.2, 0) is 19.4 Å². The van der Waals surface area contributed by atoms with Gasteiger partial charge in [0, 0.05) is 6.26 Å². The van der Waals surface area contributed by atoms with E-state index in [4.69, 9.17) is 4.74 Å². The largest absolute Gasteiger partial charge is 0.449 e. The van der Waals surface area contributed by atoms with Crippen molar-refractivity contribution in [2.75, 3.05) is 11.6 Å². The van der Waals surface area contributed by atoms with Crippen molar-refractivity contribution in [3.8, 4) is 0 Å². The van der Waals surface area contributed by atoms with E-state index in [9.17, 15) is 22.4 Å². The minimum absolute atomic E-state index is 0.0205. The Bertz CT molecular complexity index is 894. The Morgan fingerprint density at radius 3 is 2.24 bits per heavy atom. The highest BCUT2D eigenvalue weighted by molar-refractivity contribution is 7.90. The zero-order valence-corrected chi connectivity index (χ0v) is 14.3. The smallest absolute Gasteiger partial charge is 0.338 e. The van der Waals surface area contributed by atoms with Crippen LogP contribution in [0.5, 0.6) is 0 Å². The molecule has 0 saturated heterocycles. The van der Waals surface area contributed by atoms with Gasteiger partial charge in [-0.1, -0.05) is 12.1 Å². The molecular formula is C17H16FNO5S. The Morgan fingerprint density at radius 1 is 1.08 bits per heavy atom.